The highest BCUT2D eigenvalue weighted by Crippen LogP contribution is 2.22. The van der Waals surface area contributed by atoms with Gasteiger partial charge in [-0.1, -0.05) is 6.92 Å². The van der Waals surface area contributed by atoms with Crippen molar-refractivity contribution in [3.8, 4) is 0 Å². The predicted molar refractivity (Wildman–Crippen MR) is 84.0 cm³/mol. The van der Waals surface area contributed by atoms with Gasteiger partial charge in [-0.15, -0.1) is 0 Å². The minimum Gasteiger partial charge on any atom is -0.378 e. The highest BCUT2D eigenvalue weighted by Gasteiger charge is 2.27. The highest BCUT2D eigenvalue weighted by atomic mass is 32.2. The SMILES string of the molecule is CCNC(CCCC1CCCO1)C1CSCCN1C. The second kappa shape index (κ2) is 8.50. The summed E-state index contributed by atoms with van der Waals surface area (Å²) in [5.41, 5.74) is 0. The molecule has 0 bridgehead atoms. The molecule has 2 heterocycles. The largest absolute Gasteiger partial charge is 0.378 e. The Morgan fingerprint density at radius 2 is 2.37 bits per heavy atom. The first-order chi connectivity index (χ1) is 9.31. The van der Waals surface area contributed by atoms with E-state index in [2.05, 4.69) is 35.9 Å². The Labute approximate surface area is 122 Å². The standard InChI is InChI=1S/C15H30N2OS/c1-3-16-14(15-12-19-11-9-17(15)2)8-4-6-13-7-5-10-18-13/h13-16H,3-12H2,1-2H3. The van der Waals surface area contributed by atoms with E-state index in [4.69, 9.17) is 4.74 Å². The van der Waals surface area contributed by atoms with Gasteiger partial charge in [0.15, 0.2) is 0 Å². The lowest BCUT2D eigenvalue weighted by molar-refractivity contribution is 0.0996. The molecule has 112 valence electrons. The van der Waals surface area contributed by atoms with Crippen LogP contribution < -0.4 is 5.32 Å². The molecule has 0 spiro atoms. The third-order valence-electron chi connectivity index (χ3n) is 4.44. The summed E-state index contributed by atoms with van der Waals surface area (Å²) in [5, 5.41) is 3.71. The molecular weight excluding hydrogens is 256 g/mol. The quantitative estimate of drug-likeness (QED) is 0.776. The third kappa shape index (κ3) is 4.92. The van der Waals surface area contributed by atoms with Crippen LogP contribution >= 0.6 is 11.8 Å². The fourth-order valence-corrected chi connectivity index (χ4v) is 4.57. The van der Waals surface area contributed by atoms with Crippen LogP contribution in [-0.2, 0) is 4.74 Å². The number of nitrogens with one attached hydrogen (secondary N) is 1. The number of hydrogen-bond acceptors (Lipinski definition) is 4. The topological polar surface area (TPSA) is 24.5 Å². The molecule has 3 nitrogen and oxygen atoms in total. The predicted octanol–water partition coefficient (Wildman–Crippen LogP) is 2.36. The van der Waals surface area contributed by atoms with Gasteiger partial charge in [0.25, 0.3) is 0 Å². The van der Waals surface area contributed by atoms with Crippen LogP contribution in [0.2, 0.25) is 0 Å². The molecule has 0 aliphatic carbocycles. The van der Waals surface area contributed by atoms with Crippen molar-refractivity contribution in [3.63, 3.8) is 0 Å². The maximum absolute atomic E-state index is 5.73. The first kappa shape index (κ1) is 15.6. The highest BCUT2D eigenvalue weighted by molar-refractivity contribution is 7.99. The first-order valence-corrected chi connectivity index (χ1v) is 9.09. The van der Waals surface area contributed by atoms with E-state index in [9.17, 15) is 0 Å². The molecule has 0 radical (unpaired) electrons. The molecule has 0 aromatic rings. The lowest BCUT2D eigenvalue weighted by Crippen LogP contribution is -2.52. The second-order valence-corrected chi connectivity index (χ2v) is 7.00. The van der Waals surface area contributed by atoms with Crippen LogP contribution in [0.4, 0.5) is 0 Å². The van der Waals surface area contributed by atoms with Crippen molar-refractivity contribution in [1.82, 2.24) is 10.2 Å². The molecule has 2 saturated heterocycles. The van der Waals surface area contributed by atoms with Crippen LogP contribution in [-0.4, -0.2) is 61.3 Å². The van der Waals surface area contributed by atoms with Gasteiger partial charge in [0.2, 0.25) is 0 Å². The molecule has 3 unspecified atom stereocenters. The molecule has 2 fully saturated rings. The van der Waals surface area contributed by atoms with Gasteiger partial charge < -0.3 is 15.0 Å². The van der Waals surface area contributed by atoms with E-state index >= 15 is 0 Å². The van der Waals surface area contributed by atoms with Crippen molar-refractivity contribution in [2.75, 3.05) is 38.2 Å². The van der Waals surface area contributed by atoms with Gasteiger partial charge >= 0.3 is 0 Å². The summed E-state index contributed by atoms with van der Waals surface area (Å²) < 4.78 is 5.73. The van der Waals surface area contributed by atoms with Gasteiger partial charge in [0.05, 0.1) is 6.10 Å². The third-order valence-corrected chi connectivity index (χ3v) is 5.49. The van der Waals surface area contributed by atoms with Gasteiger partial charge in [0, 0.05) is 36.7 Å². The Morgan fingerprint density at radius 3 is 3.05 bits per heavy atom. The molecule has 0 amide bonds. The number of ether oxygens (including phenoxy) is 1. The molecule has 19 heavy (non-hydrogen) atoms. The maximum atomic E-state index is 5.73. The molecule has 2 aliphatic heterocycles. The zero-order valence-corrected chi connectivity index (χ0v) is 13.4. The van der Waals surface area contributed by atoms with Crippen LogP contribution in [0, 0.1) is 0 Å². The summed E-state index contributed by atoms with van der Waals surface area (Å²) in [7, 11) is 2.29. The van der Waals surface area contributed by atoms with Gasteiger partial charge in [-0.25, -0.2) is 0 Å². The van der Waals surface area contributed by atoms with Crippen LogP contribution in [0.3, 0.4) is 0 Å². The summed E-state index contributed by atoms with van der Waals surface area (Å²) >= 11 is 2.11. The minimum absolute atomic E-state index is 0.556. The van der Waals surface area contributed by atoms with Crippen LogP contribution in [0.1, 0.15) is 39.0 Å². The second-order valence-electron chi connectivity index (χ2n) is 5.85. The van der Waals surface area contributed by atoms with E-state index < -0.39 is 0 Å². The van der Waals surface area contributed by atoms with E-state index in [1.165, 1.54) is 50.2 Å². The number of nitrogens with zero attached hydrogens (tertiary/aromatic N) is 1. The van der Waals surface area contributed by atoms with E-state index in [-0.39, 0.29) is 0 Å². The van der Waals surface area contributed by atoms with E-state index in [0.29, 0.717) is 18.2 Å². The van der Waals surface area contributed by atoms with Gasteiger partial charge in [-0.2, -0.15) is 11.8 Å². The minimum atomic E-state index is 0.556. The summed E-state index contributed by atoms with van der Waals surface area (Å²) in [4.78, 5) is 2.55. The molecule has 0 aromatic heterocycles. The van der Waals surface area contributed by atoms with E-state index in [0.717, 1.165) is 13.2 Å². The van der Waals surface area contributed by atoms with Gasteiger partial charge in [-0.3, -0.25) is 0 Å². The summed E-state index contributed by atoms with van der Waals surface area (Å²) in [5.74, 6) is 2.58. The zero-order chi connectivity index (χ0) is 13.5. The Morgan fingerprint density at radius 1 is 1.47 bits per heavy atom. The van der Waals surface area contributed by atoms with Crippen LogP contribution in [0.5, 0.6) is 0 Å². The summed E-state index contributed by atoms with van der Waals surface area (Å²) in [6.45, 7) is 5.54. The molecule has 2 rings (SSSR count). The fourth-order valence-electron chi connectivity index (χ4n) is 3.26. The van der Waals surface area contributed by atoms with E-state index in [1.54, 1.807) is 0 Å². The maximum Gasteiger partial charge on any atom is 0.0576 e. The zero-order valence-electron chi connectivity index (χ0n) is 12.6. The van der Waals surface area contributed by atoms with Crippen molar-refractivity contribution >= 4 is 11.8 Å². The monoisotopic (exact) mass is 286 g/mol. The molecule has 1 N–H and O–H groups in total. The average Bonchev–Trinajstić information content (AvgIpc) is 2.92. The van der Waals surface area contributed by atoms with Crippen LogP contribution in [0.15, 0.2) is 0 Å². The number of rotatable bonds is 7. The fraction of sp³-hybridized carbons (Fsp3) is 1.00. The number of hydrogen-bond donors (Lipinski definition) is 1. The van der Waals surface area contributed by atoms with Crippen molar-refractivity contribution < 1.29 is 4.74 Å². The molecule has 4 heteroatoms. The Bertz CT molecular complexity index is 246. The normalized spacial score (nSPS) is 30.6. The number of likely N-dealkylation sites (N-methyl/N-ethyl adjacent to an activating group) is 2. The lowest BCUT2D eigenvalue weighted by atomic mass is 9.99. The molecule has 3 atom stereocenters. The van der Waals surface area contributed by atoms with Crippen molar-refractivity contribution in [2.24, 2.45) is 0 Å². The van der Waals surface area contributed by atoms with Gasteiger partial charge in [-0.05, 0) is 45.7 Å². The molecule has 2 aliphatic rings. The summed E-state index contributed by atoms with van der Waals surface area (Å²) in [6, 6.07) is 1.37. The smallest absolute Gasteiger partial charge is 0.0576 e. The molecule has 0 saturated carbocycles. The van der Waals surface area contributed by atoms with Crippen molar-refractivity contribution in [1.29, 1.82) is 0 Å². The molecule has 0 aromatic carbocycles. The van der Waals surface area contributed by atoms with E-state index in [1.807, 2.05) is 0 Å². The first-order valence-electron chi connectivity index (χ1n) is 7.94. The Hall–Kier alpha value is 0.230. The van der Waals surface area contributed by atoms with Gasteiger partial charge in [0.1, 0.15) is 0 Å². The van der Waals surface area contributed by atoms with Crippen molar-refractivity contribution in [3.05, 3.63) is 0 Å². The lowest BCUT2D eigenvalue weighted by Gasteiger charge is -2.38. The Balaban J connectivity index is 1.74. The number of thioether (sulfide) groups is 1. The average molecular weight is 286 g/mol. The van der Waals surface area contributed by atoms with Crippen molar-refractivity contribution in [2.45, 2.75) is 57.2 Å². The molecular formula is C15H30N2OS. The van der Waals surface area contributed by atoms with Crippen LogP contribution in [0.25, 0.3) is 0 Å². The summed E-state index contributed by atoms with van der Waals surface area (Å²) in [6.07, 6.45) is 6.96. The Kier molecular flexibility index (Phi) is 6.99.